The topological polar surface area (TPSA) is 108 Å². The number of imidazole rings is 1. The largest absolute Gasteiger partial charge is 0.453 e. The average Bonchev–Trinajstić information content (AvgIpc) is 3.22. The minimum Gasteiger partial charge on any atom is -0.453 e. The third-order valence-corrected chi connectivity index (χ3v) is 6.08. The predicted octanol–water partition coefficient (Wildman–Crippen LogP) is 7.63. The van der Waals surface area contributed by atoms with Crippen molar-refractivity contribution in [2.24, 2.45) is 0 Å². The number of methoxy groups -OCH3 is 1. The highest BCUT2D eigenvalue weighted by Gasteiger charge is 2.31. The summed E-state index contributed by atoms with van der Waals surface area (Å²) in [5.74, 6) is 0.263. The summed E-state index contributed by atoms with van der Waals surface area (Å²) in [7, 11) is 1.26. The van der Waals surface area contributed by atoms with Gasteiger partial charge in [0.1, 0.15) is 0 Å². The van der Waals surface area contributed by atoms with Crippen molar-refractivity contribution in [2.75, 3.05) is 23.1 Å². The second kappa shape index (κ2) is 11.6. The Kier molecular flexibility index (Phi) is 8.79. The summed E-state index contributed by atoms with van der Waals surface area (Å²) in [5, 5.41) is 7.33. The number of fused-ring (bicyclic) bond motifs is 1. The minimum absolute atomic E-state index is 0. The summed E-state index contributed by atoms with van der Waals surface area (Å²) in [4.78, 5) is 32.6. The van der Waals surface area contributed by atoms with Gasteiger partial charge in [0.15, 0.2) is 0 Å². The molecule has 0 spiro atoms. The summed E-state index contributed by atoms with van der Waals surface area (Å²) >= 11 is 7.37. The quantitative estimate of drug-likeness (QED) is 0.197. The first-order valence-corrected chi connectivity index (χ1v) is 11.4. The molecule has 194 valence electrons. The molecule has 0 aliphatic carbocycles. The molecule has 1 aromatic heterocycles. The zero-order valence-electron chi connectivity index (χ0n) is 18.8. The first-order chi connectivity index (χ1) is 17.1. The summed E-state index contributed by atoms with van der Waals surface area (Å²) in [5.41, 5.74) is 0.734. The zero-order valence-corrected chi connectivity index (χ0v) is 21.2. The number of urea groups is 1. The van der Waals surface area contributed by atoms with E-state index >= 15 is 0 Å². The Labute approximate surface area is 223 Å². The van der Waals surface area contributed by atoms with Gasteiger partial charge in [0.25, 0.3) is 0 Å². The maximum absolute atomic E-state index is 12.9. The van der Waals surface area contributed by atoms with Crippen molar-refractivity contribution in [3.05, 3.63) is 71.2 Å². The molecule has 37 heavy (non-hydrogen) atoms. The van der Waals surface area contributed by atoms with Gasteiger partial charge in [-0.2, -0.15) is 13.2 Å². The molecule has 0 fully saturated rings. The molecule has 3 aromatic carbocycles. The van der Waals surface area contributed by atoms with Crippen LogP contribution in [0.25, 0.3) is 11.0 Å². The third-order valence-electron chi connectivity index (χ3n) is 4.75. The number of carbonyl (C=O) groups is 2. The van der Waals surface area contributed by atoms with E-state index in [1.165, 1.54) is 18.9 Å². The van der Waals surface area contributed by atoms with Crippen molar-refractivity contribution in [3.8, 4) is 0 Å². The molecule has 8 nitrogen and oxygen atoms in total. The van der Waals surface area contributed by atoms with Crippen LogP contribution in [0.4, 0.5) is 40.1 Å². The molecule has 14 heteroatoms. The maximum atomic E-state index is 12.9. The number of hydrogen-bond acceptors (Lipinski definition) is 5. The smallest absolute Gasteiger partial charge is 0.416 e. The van der Waals surface area contributed by atoms with Crippen LogP contribution in [0.2, 0.25) is 5.02 Å². The van der Waals surface area contributed by atoms with Gasteiger partial charge in [0, 0.05) is 15.5 Å². The molecular formula is C23H18Cl2F3N5O3S. The fraction of sp³-hybridized carbons (Fsp3) is 0.0870. The highest BCUT2D eigenvalue weighted by Crippen LogP contribution is 2.34. The summed E-state index contributed by atoms with van der Waals surface area (Å²) in [6, 6.07) is 14.3. The van der Waals surface area contributed by atoms with Crippen molar-refractivity contribution >= 4 is 76.3 Å². The van der Waals surface area contributed by atoms with Crippen LogP contribution in [0.3, 0.4) is 0 Å². The molecule has 0 aliphatic rings. The second-order valence-corrected chi connectivity index (χ2v) is 8.83. The van der Waals surface area contributed by atoms with Crippen molar-refractivity contribution < 1.29 is 27.5 Å². The number of nitrogens with zero attached hydrogens (tertiary/aromatic N) is 1. The van der Waals surface area contributed by atoms with Gasteiger partial charge in [-0.1, -0.05) is 23.4 Å². The molecule has 0 atom stereocenters. The van der Waals surface area contributed by atoms with Crippen LogP contribution in [0.15, 0.2) is 70.5 Å². The number of aromatic nitrogens is 2. The molecule has 1 heterocycles. The highest BCUT2D eigenvalue weighted by molar-refractivity contribution is 7.99. The zero-order chi connectivity index (χ0) is 25.9. The van der Waals surface area contributed by atoms with E-state index in [0.29, 0.717) is 11.2 Å². The average molecular weight is 572 g/mol. The van der Waals surface area contributed by atoms with Crippen molar-refractivity contribution in [1.82, 2.24) is 9.97 Å². The molecule has 0 unspecified atom stereocenters. The standard InChI is InChI=1S/C23H17ClF3N5O3S.ClH/c1-35-22(34)32-20-29-17-9-7-15(11-19(17)30-20)36-14-5-3-13(4-6-14)28-21(33)31-18-10-12(23(25,26)27)2-8-16(18)24;/h2-11H,1H3,(H2,28,31,33)(H2,29,30,32,34);1H. The lowest BCUT2D eigenvalue weighted by Gasteiger charge is -2.12. The Morgan fingerprint density at radius 1 is 0.973 bits per heavy atom. The number of ether oxygens (including phenoxy) is 1. The number of benzene rings is 3. The highest BCUT2D eigenvalue weighted by atomic mass is 35.5. The number of alkyl halides is 3. The summed E-state index contributed by atoms with van der Waals surface area (Å²) < 4.78 is 43.3. The minimum atomic E-state index is -4.56. The molecule has 4 N–H and O–H groups in total. The van der Waals surface area contributed by atoms with Crippen molar-refractivity contribution in [2.45, 2.75) is 16.0 Å². The SMILES string of the molecule is COC(=O)Nc1nc2ccc(Sc3ccc(NC(=O)Nc4cc(C(F)(F)F)ccc4Cl)cc3)cc2[nH]1.Cl. The number of nitrogens with one attached hydrogen (secondary N) is 4. The van der Waals surface area contributed by atoms with Gasteiger partial charge in [-0.3, -0.25) is 5.32 Å². The number of amides is 3. The van der Waals surface area contributed by atoms with Crippen LogP contribution in [0.1, 0.15) is 5.56 Å². The summed E-state index contributed by atoms with van der Waals surface area (Å²) in [6.07, 6.45) is -5.20. The molecule has 4 aromatic rings. The number of aromatic amines is 1. The van der Waals surface area contributed by atoms with Crippen LogP contribution in [0, 0.1) is 0 Å². The molecule has 0 radical (unpaired) electrons. The van der Waals surface area contributed by atoms with E-state index < -0.39 is 23.9 Å². The number of rotatable bonds is 5. The van der Waals surface area contributed by atoms with Gasteiger partial charge in [0.05, 0.1) is 34.4 Å². The lowest BCUT2D eigenvalue weighted by atomic mass is 10.2. The number of carbonyl (C=O) groups excluding carboxylic acids is 2. The monoisotopic (exact) mass is 571 g/mol. The third kappa shape index (κ3) is 7.21. The van der Waals surface area contributed by atoms with Crippen molar-refractivity contribution in [3.63, 3.8) is 0 Å². The van der Waals surface area contributed by atoms with E-state index in [2.05, 4.69) is 30.7 Å². The molecule has 0 saturated carbocycles. The van der Waals surface area contributed by atoms with Gasteiger partial charge < -0.3 is 20.4 Å². The van der Waals surface area contributed by atoms with Crippen LogP contribution >= 0.6 is 35.8 Å². The summed E-state index contributed by atoms with van der Waals surface area (Å²) in [6.45, 7) is 0. The predicted molar refractivity (Wildman–Crippen MR) is 139 cm³/mol. The van der Waals surface area contributed by atoms with E-state index in [-0.39, 0.29) is 29.1 Å². The number of hydrogen-bond donors (Lipinski definition) is 4. The van der Waals surface area contributed by atoms with E-state index in [9.17, 15) is 22.8 Å². The Balaban J connectivity index is 0.00000380. The fourth-order valence-corrected chi connectivity index (χ4v) is 4.11. The van der Waals surface area contributed by atoms with Crippen LogP contribution in [0.5, 0.6) is 0 Å². The van der Waals surface area contributed by atoms with E-state index in [0.717, 1.165) is 33.5 Å². The van der Waals surface area contributed by atoms with Gasteiger partial charge >= 0.3 is 18.3 Å². The second-order valence-electron chi connectivity index (χ2n) is 7.28. The number of H-pyrrole nitrogens is 1. The molecule has 3 amide bonds. The van der Waals surface area contributed by atoms with E-state index in [4.69, 9.17) is 11.6 Å². The number of anilines is 3. The van der Waals surface area contributed by atoms with Crippen LogP contribution in [-0.2, 0) is 10.9 Å². The Morgan fingerprint density at radius 3 is 2.35 bits per heavy atom. The lowest BCUT2D eigenvalue weighted by Crippen LogP contribution is -2.20. The Bertz CT molecular complexity index is 1430. The Morgan fingerprint density at radius 2 is 1.68 bits per heavy atom. The maximum Gasteiger partial charge on any atom is 0.416 e. The Hall–Kier alpha value is -3.61. The molecule has 0 bridgehead atoms. The molecule has 4 rings (SSSR count). The number of halogens is 5. The first-order valence-electron chi connectivity index (χ1n) is 10.2. The fourth-order valence-electron chi connectivity index (χ4n) is 3.08. The molecular weight excluding hydrogens is 554 g/mol. The van der Waals surface area contributed by atoms with Gasteiger partial charge in [-0.15, -0.1) is 12.4 Å². The van der Waals surface area contributed by atoms with Crippen LogP contribution < -0.4 is 16.0 Å². The van der Waals surface area contributed by atoms with Crippen molar-refractivity contribution in [1.29, 1.82) is 0 Å². The lowest BCUT2D eigenvalue weighted by molar-refractivity contribution is -0.137. The van der Waals surface area contributed by atoms with Gasteiger partial charge in [-0.25, -0.2) is 14.6 Å². The van der Waals surface area contributed by atoms with Crippen LogP contribution in [-0.4, -0.2) is 29.2 Å². The van der Waals surface area contributed by atoms with E-state index in [1.807, 2.05) is 12.1 Å². The molecule has 0 saturated heterocycles. The normalized spacial score (nSPS) is 10.9. The van der Waals surface area contributed by atoms with E-state index in [1.54, 1.807) is 30.3 Å². The molecule has 0 aliphatic heterocycles. The van der Waals surface area contributed by atoms with Gasteiger partial charge in [-0.05, 0) is 60.7 Å². The van der Waals surface area contributed by atoms with Gasteiger partial charge in [0.2, 0.25) is 5.95 Å². The first kappa shape index (κ1) is 28.0.